The highest BCUT2D eigenvalue weighted by Crippen LogP contribution is 2.29. The zero-order valence-corrected chi connectivity index (χ0v) is 15.5. The fourth-order valence-corrected chi connectivity index (χ4v) is 4.99. The Kier molecular flexibility index (Phi) is 3.98. The van der Waals surface area contributed by atoms with Crippen molar-refractivity contribution in [3.63, 3.8) is 0 Å². The Balaban J connectivity index is 1.49. The van der Waals surface area contributed by atoms with Gasteiger partial charge in [-0.15, -0.1) is 0 Å². The summed E-state index contributed by atoms with van der Waals surface area (Å²) in [5, 5.41) is 4.48. The van der Waals surface area contributed by atoms with Crippen molar-refractivity contribution in [3.8, 4) is 11.3 Å². The van der Waals surface area contributed by atoms with Gasteiger partial charge in [-0.3, -0.25) is 4.78 Å². The number of aryl methyl sites for hydroxylation is 1. The molecule has 0 saturated carbocycles. The van der Waals surface area contributed by atoms with Gasteiger partial charge in [0, 0.05) is 39.7 Å². The van der Waals surface area contributed by atoms with Crippen molar-refractivity contribution in [1.29, 1.82) is 4.78 Å². The van der Waals surface area contributed by atoms with Crippen LogP contribution in [0.3, 0.4) is 0 Å². The van der Waals surface area contributed by atoms with E-state index in [1.54, 1.807) is 6.20 Å². The van der Waals surface area contributed by atoms with E-state index in [0.717, 1.165) is 51.3 Å². The number of fused-ring (bicyclic) bond motifs is 2. The maximum Gasteiger partial charge on any atom is 0.227 e. The highest BCUT2D eigenvalue weighted by Gasteiger charge is 2.14. The van der Waals surface area contributed by atoms with Gasteiger partial charge in [-0.05, 0) is 42.7 Å². The topological polar surface area (TPSA) is 77.5 Å². The van der Waals surface area contributed by atoms with Crippen molar-refractivity contribution in [2.75, 3.05) is 11.1 Å². The van der Waals surface area contributed by atoms with Crippen LogP contribution in [-0.2, 0) is 17.1 Å². The van der Waals surface area contributed by atoms with Gasteiger partial charge in [-0.25, -0.2) is 9.97 Å². The Bertz CT molecular complexity index is 1160. The molecule has 0 aliphatic carbocycles. The summed E-state index contributed by atoms with van der Waals surface area (Å²) in [4.78, 5) is 13.5. The van der Waals surface area contributed by atoms with E-state index in [4.69, 9.17) is 9.76 Å². The van der Waals surface area contributed by atoms with Gasteiger partial charge in [0.15, 0.2) is 0 Å². The molecule has 4 aromatic rings. The SMILES string of the molecule is N=S1CCCc2ccc(Nc3nccc(-c4cccc5cc[nH]c45)n3)cc21. The fraction of sp³-hybridized carbons (Fsp3) is 0.143. The third kappa shape index (κ3) is 3.02. The number of anilines is 2. The molecule has 5 nitrogen and oxygen atoms in total. The van der Waals surface area contributed by atoms with E-state index in [9.17, 15) is 0 Å². The monoisotopic (exact) mass is 373 g/mol. The molecule has 134 valence electrons. The lowest BCUT2D eigenvalue weighted by Gasteiger charge is -2.18. The number of H-pyrrole nitrogens is 1. The Morgan fingerprint density at radius 2 is 2.07 bits per heavy atom. The molecule has 3 heterocycles. The van der Waals surface area contributed by atoms with E-state index >= 15 is 0 Å². The summed E-state index contributed by atoms with van der Waals surface area (Å²) in [6, 6.07) is 16.5. The number of hydrogen-bond acceptors (Lipinski definition) is 4. The quantitative estimate of drug-likeness (QED) is 0.470. The number of nitrogens with one attached hydrogen (secondary N) is 3. The van der Waals surface area contributed by atoms with E-state index < -0.39 is 10.7 Å². The van der Waals surface area contributed by atoms with Crippen molar-refractivity contribution in [3.05, 3.63) is 66.5 Å². The fourth-order valence-electron chi connectivity index (χ4n) is 3.58. The first-order valence-corrected chi connectivity index (χ1v) is 10.4. The summed E-state index contributed by atoms with van der Waals surface area (Å²) in [6.45, 7) is 0. The highest BCUT2D eigenvalue weighted by atomic mass is 32.2. The summed E-state index contributed by atoms with van der Waals surface area (Å²) in [6.07, 6.45) is 5.91. The molecular weight excluding hydrogens is 354 g/mol. The second-order valence-electron chi connectivity index (χ2n) is 6.66. The summed E-state index contributed by atoms with van der Waals surface area (Å²) >= 11 is 0. The molecule has 3 N–H and O–H groups in total. The van der Waals surface area contributed by atoms with E-state index in [0.29, 0.717) is 5.95 Å². The first-order valence-electron chi connectivity index (χ1n) is 8.99. The van der Waals surface area contributed by atoms with Crippen molar-refractivity contribution in [2.45, 2.75) is 17.7 Å². The van der Waals surface area contributed by atoms with Crippen LogP contribution in [0.2, 0.25) is 0 Å². The van der Waals surface area contributed by atoms with E-state index in [1.165, 1.54) is 5.56 Å². The number of benzene rings is 2. The summed E-state index contributed by atoms with van der Waals surface area (Å²) in [5.41, 5.74) is 5.25. The Morgan fingerprint density at radius 1 is 1.11 bits per heavy atom. The predicted octanol–water partition coefficient (Wildman–Crippen LogP) is 5.05. The molecule has 0 fully saturated rings. The molecule has 6 heteroatoms. The molecule has 1 unspecified atom stereocenters. The smallest absolute Gasteiger partial charge is 0.227 e. The first-order chi connectivity index (χ1) is 13.3. The van der Waals surface area contributed by atoms with Crippen LogP contribution in [0.15, 0.2) is 65.8 Å². The second-order valence-corrected chi connectivity index (χ2v) is 8.29. The summed E-state index contributed by atoms with van der Waals surface area (Å²) < 4.78 is 8.30. The molecule has 2 aromatic carbocycles. The third-order valence-electron chi connectivity index (χ3n) is 4.90. The second kappa shape index (κ2) is 6.63. The molecule has 0 radical (unpaired) electrons. The lowest BCUT2D eigenvalue weighted by atomic mass is 10.1. The number of aromatic amines is 1. The Labute approximate surface area is 159 Å². The molecule has 0 saturated heterocycles. The van der Waals surface area contributed by atoms with Crippen LogP contribution in [0.5, 0.6) is 0 Å². The minimum absolute atomic E-state index is 0.414. The van der Waals surface area contributed by atoms with Gasteiger partial charge in [0.2, 0.25) is 5.95 Å². The van der Waals surface area contributed by atoms with Crippen LogP contribution in [0, 0.1) is 4.78 Å². The number of para-hydroxylation sites is 1. The van der Waals surface area contributed by atoms with Crippen molar-refractivity contribution >= 4 is 33.2 Å². The number of rotatable bonds is 3. The number of aromatic nitrogens is 3. The molecule has 1 aliphatic rings. The minimum Gasteiger partial charge on any atom is -0.361 e. The Morgan fingerprint density at radius 3 is 3.04 bits per heavy atom. The summed E-state index contributed by atoms with van der Waals surface area (Å²) in [7, 11) is -0.414. The molecule has 0 amide bonds. The number of nitrogens with zero attached hydrogens (tertiary/aromatic N) is 2. The van der Waals surface area contributed by atoms with Crippen molar-refractivity contribution in [2.24, 2.45) is 0 Å². The lowest BCUT2D eigenvalue weighted by molar-refractivity contribution is 0.883. The van der Waals surface area contributed by atoms with Gasteiger partial charge >= 0.3 is 0 Å². The maximum atomic E-state index is 8.30. The molecule has 0 spiro atoms. The largest absolute Gasteiger partial charge is 0.361 e. The highest BCUT2D eigenvalue weighted by molar-refractivity contribution is 7.86. The van der Waals surface area contributed by atoms with Gasteiger partial charge in [-0.2, -0.15) is 0 Å². The van der Waals surface area contributed by atoms with Crippen molar-refractivity contribution < 1.29 is 0 Å². The van der Waals surface area contributed by atoms with Crippen LogP contribution in [0.4, 0.5) is 11.6 Å². The zero-order valence-electron chi connectivity index (χ0n) is 14.7. The van der Waals surface area contributed by atoms with E-state index in [2.05, 4.69) is 51.7 Å². The third-order valence-corrected chi connectivity index (χ3v) is 6.51. The molecule has 5 rings (SSSR count). The maximum absolute atomic E-state index is 8.30. The predicted molar refractivity (Wildman–Crippen MR) is 111 cm³/mol. The van der Waals surface area contributed by atoms with Crippen LogP contribution < -0.4 is 5.32 Å². The van der Waals surface area contributed by atoms with Crippen molar-refractivity contribution in [1.82, 2.24) is 15.0 Å². The van der Waals surface area contributed by atoms with Gasteiger partial charge in [0.1, 0.15) is 0 Å². The number of hydrogen-bond donors (Lipinski definition) is 3. The zero-order chi connectivity index (χ0) is 18.2. The molecule has 0 bridgehead atoms. The standard InChI is InChI=1S/C21H19N5S/c22-27-12-2-4-14-6-7-16(13-19(14)27)25-21-24-11-9-18(26-21)17-5-1-3-15-8-10-23-20(15)17/h1,3,5-11,13,22-23H,2,4,12H2,(H,24,25,26). The molecule has 2 aromatic heterocycles. The van der Waals surface area contributed by atoms with Crippen LogP contribution >= 0.6 is 0 Å². The van der Waals surface area contributed by atoms with Crippen LogP contribution in [0.1, 0.15) is 12.0 Å². The van der Waals surface area contributed by atoms with Gasteiger partial charge in [0.05, 0.1) is 11.2 Å². The minimum atomic E-state index is -0.414. The van der Waals surface area contributed by atoms with E-state index in [1.807, 2.05) is 18.3 Å². The van der Waals surface area contributed by atoms with Gasteiger partial charge in [0.25, 0.3) is 0 Å². The molecule has 27 heavy (non-hydrogen) atoms. The first kappa shape index (κ1) is 16.2. The average molecular weight is 373 g/mol. The molecule has 1 atom stereocenters. The van der Waals surface area contributed by atoms with Crippen LogP contribution in [-0.4, -0.2) is 20.7 Å². The normalized spacial score (nSPS) is 16.2. The van der Waals surface area contributed by atoms with Gasteiger partial charge < -0.3 is 10.3 Å². The molecule has 1 aliphatic heterocycles. The lowest BCUT2D eigenvalue weighted by Crippen LogP contribution is -2.09. The van der Waals surface area contributed by atoms with Gasteiger partial charge in [-0.1, -0.05) is 35.0 Å². The van der Waals surface area contributed by atoms with E-state index in [-0.39, 0.29) is 0 Å². The van der Waals surface area contributed by atoms with Crippen LogP contribution in [0.25, 0.3) is 22.2 Å². The Hall–Kier alpha value is -2.99. The summed E-state index contributed by atoms with van der Waals surface area (Å²) in [5.74, 6) is 1.53. The average Bonchev–Trinajstić information content (AvgIpc) is 3.18. The molecular formula is C21H19N5S.